The first-order valence-electron chi connectivity index (χ1n) is 8.29. The van der Waals surface area contributed by atoms with Crippen molar-refractivity contribution in [1.29, 1.82) is 0 Å². The molecule has 1 aromatic carbocycles. The highest BCUT2D eigenvalue weighted by Gasteiger charge is 2.35. The van der Waals surface area contributed by atoms with E-state index in [1.807, 2.05) is 12.1 Å². The molecule has 1 aromatic rings. The summed E-state index contributed by atoms with van der Waals surface area (Å²) in [6.45, 7) is 9.70. The smallest absolute Gasteiger partial charge is 0.124 e. The van der Waals surface area contributed by atoms with Crippen LogP contribution in [-0.2, 0) is 0 Å². The van der Waals surface area contributed by atoms with E-state index < -0.39 is 0 Å². The van der Waals surface area contributed by atoms with Crippen molar-refractivity contribution >= 4 is 0 Å². The van der Waals surface area contributed by atoms with Crippen LogP contribution >= 0.6 is 0 Å². The van der Waals surface area contributed by atoms with Crippen LogP contribution in [0, 0.1) is 0 Å². The van der Waals surface area contributed by atoms with Gasteiger partial charge in [0.1, 0.15) is 5.75 Å². The summed E-state index contributed by atoms with van der Waals surface area (Å²) in [5, 5.41) is 0. The number of para-hydroxylation sites is 1. The summed E-state index contributed by atoms with van der Waals surface area (Å²) in [6, 6.07) is 8.19. The molecule has 1 unspecified atom stereocenters. The number of nitrogens with zero attached hydrogens (tertiary/aromatic N) is 1. The monoisotopic (exact) mass is 290 g/mol. The van der Waals surface area contributed by atoms with Gasteiger partial charge in [-0.2, -0.15) is 0 Å². The third-order valence-corrected chi connectivity index (χ3v) is 4.65. The van der Waals surface area contributed by atoms with Gasteiger partial charge in [-0.15, -0.1) is 0 Å². The predicted octanol–water partition coefficient (Wildman–Crippen LogP) is 3.74. The zero-order chi connectivity index (χ0) is 15.3. The zero-order valence-electron chi connectivity index (χ0n) is 13.8. The van der Waals surface area contributed by atoms with E-state index in [0.29, 0.717) is 0 Å². The fourth-order valence-electron chi connectivity index (χ4n) is 3.13. The molecule has 1 aliphatic rings. The Balaban J connectivity index is 2.19. The molecule has 3 nitrogen and oxygen atoms in total. The lowest BCUT2D eigenvalue weighted by Crippen LogP contribution is -2.53. The van der Waals surface area contributed by atoms with E-state index in [-0.39, 0.29) is 11.6 Å². The molecule has 21 heavy (non-hydrogen) atoms. The molecule has 0 aromatic heterocycles. The Hall–Kier alpha value is -1.06. The van der Waals surface area contributed by atoms with E-state index in [2.05, 4.69) is 37.8 Å². The summed E-state index contributed by atoms with van der Waals surface area (Å²) in [7, 11) is 0. The molecule has 1 heterocycles. The van der Waals surface area contributed by atoms with E-state index in [4.69, 9.17) is 10.5 Å². The van der Waals surface area contributed by atoms with Gasteiger partial charge in [0.2, 0.25) is 0 Å². The quantitative estimate of drug-likeness (QED) is 0.867. The Morgan fingerprint density at radius 1 is 1.19 bits per heavy atom. The highest BCUT2D eigenvalue weighted by atomic mass is 16.5. The molecule has 1 atom stereocenters. The summed E-state index contributed by atoms with van der Waals surface area (Å²) in [5.74, 6) is 0.942. The molecule has 0 aliphatic carbocycles. The summed E-state index contributed by atoms with van der Waals surface area (Å²) >= 11 is 0. The lowest BCUT2D eigenvalue weighted by Gasteiger charge is -2.45. The summed E-state index contributed by atoms with van der Waals surface area (Å²) in [4.78, 5) is 2.54. The van der Waals surface area contributed by atoms with Crippen LogP contribution in [0.25, 0.3) is 0 Å². The van der Waals surface area contributed by atoms with Crippen LogP contribution in [0.4, 0.5) is 0 Å². The second-order valence-electron chi connectivity index (χ2n) is 6.57. The lowest BCUT2D eigenvalue weighted by atomic mass is 9.86. The number of ether oxygens (including phenoxy) is 1. The highest BCUT2D eigenvalue weighted by Crippen LogP contribution is 2.35. The van der Waals surface area contributed by atoms with E-state index in [1.54, 1.807) is 0 Å². The Labute approximate surface area is 129 Å². The second kappa shape index (κ2) is 7.28. The molecule has 1 fully saturated rings. The van der Waals surface area contributed by atoms with Gasteiger partial charge in [-0.1, -0.05) is 31.5 Å². The average molecular weight is 290 g/mol. The van der Waals surface area contributed by atoms with Gasteiger partial charge in [0.25, 0.3) is 0 Å². The summed E-state index contributed by atoms with van der Waals surface area (Å²) < 4.78 is 5.89. The third-order valence-electron chi connectivity index (χ3n) is 4.65. The lowest BCUT2D eigenvalue weighted by molar-refractivity contribution is 0.0720. The van der Waals surface area contributed by atoms with Crippen LogP contribution in [-0.4, -0.2) is 30.1 Å². The first-order valence-corrected chi connectivity index (χ1v) is 8.29. The van der Waals surface area contributed by atoms with E-state index in [9.17, 15) is 0 Å². The van der Waals surface area contributed by atoms with Crippen LogP contribution in [0.3, 0.4) is 0 Å². The van der Waals surface area contributed by atoms with Crippen molar-refractivity contribution < 1.29 is 4.74 Å². The minimum atomic E-state index is -0.0495. The van der Waals surface area contributed by atoms with Crippen molar-refractivity contribution in [2.45, 2.75) is 58.0 Å². The fraction of sp³-hybridized carbons (Fsp3) is 0.667. The summed E-state index contributed by atoms with van der Waals surface area (Å²) in [6.07, 6.45) is 4.92. The number of rotatable bonds is 6. The first kappa shape index (κ1) is 16.3. The first-order chi connectivity index (χ1) is 10.1. The molecule has 3 heteroatoms. The standard InChI is InChI=1S/C18H30N2O/c1-4-14-21-16-11-7-6-10-15(16)17(19)18(2,3)20-12-8-5-9-13-20/h6-7,10-11,17H,4-5,8-9,12-14,19H2,1-3H3. The minimum Gasteiger partial charge on any atom is -0.493 e. The molecule has 0 saturated carbocycles. The predicted molar refractivity (Wildman–Crippen MR) is 88.7 cm³/mol. The summed E-state index contributed by atoms with van der Waals surface area (Å²) in [5.41, 5.74) is 7.73. The van der Waals surface area contributed by atoms with Gasteiger partial charge in [0.05, 0.1) is 12.6 Å². The van der Waals surface area contributed by atoms with Crippen LogP contribution in [0.1, 0.15) is 58.1 Å². The van der Waals surface area contributed by atoms with Crippen molar-refractivity contribution in [1.82, 2.24) is 4.90 Å². The molecule has 0 spiro atoms. The molecule has 0 amide bonds. The zero-order valence-corrected chi connectivity index (χ0v) is 13.8. The maximum Gasteiger partial charge on any atom is 0.124 e. The highest BCUT2D eigenvalue weighted by molar-refractivity contribution is 5.37. The molecular weight excluding hydrogens is 260 g/mol. The van der Waals surface area contributed by atoms with Crippen LogP contribution < -0.4 is 10.5 Å². The van der Waals surface area contributed by atoms with E-state index in [0.717, 1.165) is 37.4 Å². The van der Waals surface area contributed by atoms with Gasteiger partial charge in [-0.3, -0.25) is 4.90 Å². The largest absolute Gasteiger partial charge is 0.493 e. The normalized spacial score (nSPS) is 18.5. The van der Waals surface area contributed by atoms with Gasteiger partial charge >= 0.3 is 0 Å². The Kier molecular flexibility index (Phi) is 5.65. The molecule has 0 radical (unpaired) electrons. The second-order valence-corrected chi connectivity index (χ2v) is 6.57. The molecule has 0 bridgehead atoms. The number of hydrogen-bond donors (Lipinski definition) is 1. The van der Waals surface area contributed by atoms with Gasteiger partial charge < -0.3 is 10.5 Å². The van der Waals surface area contributed by atoms with Crippen molar-refractivity contribution in [3.05, 3.63) is 29.8 Å². The van der Waals surface area contributed by atoms with Crippen molar-refractivity contribution in [2.75, 3.05) is 19.7 Å². The number of benzene rings is 1. The van der Waals surface area contributed by atoms with Gasteiger partial charge in [0.15, 0.2) is 0 Å². The maximum absolute atomic E-state index is 6.65. The van der Waals surface area contributed by atoms with Gasteiger partial charge in [-0.05, 0) is 52.3 Å². The Morgan fingerprint density at radius 3 is 2.52 bits per heavy atom. The van der Waals surface area contributed by atoms with E-state index >= 15 is 0 Å². The van der Waals surface area contributed by atoms with Crippen molar-refractivity contribution in [2.24, 2.45) is 5.73 Å². The minimum absolute atomic E-state index is 0.0383. The molecule has 118 valence electrons. The van der Waals surface area contributed by atoms with E-state index in [1.165, 1.54) is 19.3 Å². The third kappa shape index (κ3) is 3.78. The number of nitrogens with two attached hydrogens (primary N) is 1. The molecular formula is C18H30N2O. The van der Waals surface area contributed by atoms with Crippen molar-refractivity contribution in [3.8, 4) is 5.75 Å². The molecule has 2 N–H and O–H groups in total. The molecule has 2 rings (SSSR count). The van der Waals surface area contributed by atoms with Crippen LogP contribution in [0.2, 0.25) is 0 Å². The molecule has 1 saturated heterocycles. The Bertz CT molecular complexity index is 439. The topological polar surface area (TPSA) is 38.5 Å². The Morgan fingerprint density at radius 2 is 1.86 bits per heavy atom. The van der Waals surface area contributed by atoms with Gasteiger partial charge in [-0.25, -0.2) is 0 Å². The number of likely N-dealkylation sites (tertiary alicyclic amines) is 1. The average Bonchev–Trinajstić information content (AvgIpc) is 2.53. The maximum atomic E-state index is 6.65. The van der Waals surface area contributed by atoms with Gasteiger partial charge in [0, 0.05) is 11.1 Å². The SMILES string of the molecule is CCCOc1ccccc1C(N)C(C)(C)N1CCCCC1. The van der Waals surface area contributed by atoms with Crippen LogP contribution in [0.5, 0.6) is 5.75 Å². The van der Waals surface area contributed by atoms with Crippen molar-refractivity contribution in [3.63, 3.8) is 0 Å². The number of hydrogen-bond acceptors (Lipinski definition) is 3. The number of piperidine rings is 1. The van der Waals surface area contributed by atoms with Crippen LogP contribution in [0.15, 0.2) is 24.3 Å². The molecule has 1 aliphatic heterocycles. The fourth-order valence-corrected chi connectivity index (χ4v) is 3.13.